The van der Waals surface area contributed by atoms with E-state index in [1.165, 1.54) is 185 Å². The topological polar surface area (TPSA) is 49.7 Å². The molecule has 0 radical (unpaired) electrons. The Morgan fingerprint density at radius 1 is 0.438 bits per heavy atom. The van der Waals surface area contributed by atoms with E-state index in [0.717, 1.165) is 57.2 Å². The maximum atomic E-state index is 13.6. The van der Waals surface area contributed by atoms with Crippen molar-refractivity contribution in [2.24, 2.45) is 4.99 Å². The van der Waals surface area contributed by atoms with Crippen LogP contribution < -0.4 is 0 Å². The quantitative estimate of drug-likeness (QED) is 0.0531. The molecule has 1 amide bonds. The molecule has 0 aromatic heterocycles. The first-order valence-corrected chi connectivity index (χ1v) is 22.0. The zero-order valence-electron chi connectivity index (χ0n) is 33.2. The molecule has 48 heavy (non-hydrogen) atoms. The van der Waals surface area contributed by atoms with Gasteiger partial charge < -0.3 is 5.11 Å². The van der Waals surface area contributed by atoms with Crippen LogP contribution >= 0.6 is 0 Å². The normalized spacial score (nSPS) is 16.3. The van der Waals surface area contributed by atoms with Gasteiger partial charge in [0.05, 0.1) is 6.54 Å². The summed E-state index contributed by atoms with van der Waals surface area (Å²) in [5.74, 6) is 0.973. The molecule has 4 nitrogen and oxygen atoms in total. The minimum Gasteiger partial charge on any atom is -0.435 e. The van der Waals surface area contributed by atoms with Crippen LogP contribution in [-0.4, -0.2) is 28.1 Å². The maximum Gasteiger partial charge on any atom is 0.524 e. The highest BCUT2D eigenvalue weighted by Crippen LogP contribution is 2.39. The molecule has 0 spiro atoms. The summed E-state index contributed by atoms with van der Waals surface area (Å²) in [5.41, 5.74) is 2.34. The zero-order chi connectivity index (χ0) is 35.0. The lowest BCUT2D eigenvalue weighted by atomic mass is 10.0. The summed E-state index contributed by atoms with van der Waals surface area (Å²) in [7, 11) is 0. The van der Waals surface area contributed by atoms with Crippen LogP contribution in [0.1, 0.15) is 252 Å². The second-order valence-corrected chi connectivity index (χ2v) is 15.4. The van der Waals surface area contributed by atoms with Gasteiger partial charge in [0.15, 0.2) is 0 Å². The van der Waals surface area contributed by atoms with Gasteiger partial charge in [0, 0.05) is 12.8 Å². The lowest BCUT2D eigenvalue weighted by molar-refractivity contribution is -0.727. The maximum absolute atomic E-state index is 13.6. The Morgan fingerprint density at radius 2 is 0.750 bits per heavy atom. The molecular formula is C44H85N2O2+. The smallest absolute Gasteiger partial charge is 0.435 e. The Kier molecular flexibility index (Phi) is 29.7. The Bertz CT molecular complexity index is 819. The van der Waals surface area contributed by atoms with E-state index in [1.54, 1.807) is 0 Å². The number of amides is 1. The van der Waals surface area contributed by atoms with E-state index >= 15 is 0 Å². The third kappa shape index (κ3) is 19.9. The summed E-state index contributed by atoms with van der Waals surface area (Å²) in [6.07, 6.45) is 42.9. The first kappa shape index (κ1) is 44.9. The first-order valence-electron chi connectivity index (χ1n) is 22.0. The van der Waals surface area contributed by atoms with Crippen molar-refractivity contribution in [1.29, 1.82) is 0 Å². The van der Waals surface area contributed by atoms with Gasteiger partial charge in [-0.15, -0.1) is 4.48 Å². The molecule has 0 saturated carbocycles. The summed E-state index contributed by atoms with van der Waals surface area (Å²) in [6.45, 7) is 9.83. The molecule has 0 aromatic rings. The number of hydrogen-bond donors (Lipinski definition) is 1. The fraction of sp³-hybridized carbons (Fsp3) is 0.909. The average molecular weight is 674 g/mol. The highest BCUT2D eigenvalue weighted by molar-refractivity contribution is 5.88. The van der Waals surface area contributed by atoms with Crippen LogP contribution in [0, 0.1) is 0 Å². The van der Waals surface area contributed by atoms with Crippen molar-refractivity contribution in [2.75, 3.05) is 6.54 Å². The van der Waals surface area contributed by atoms with Crippen molar-refractivity contribution in [1.82, 2.24) is 0 Å². The number of aliphatic imine (C=N–C) groups is 1. The molecule has 4 heteroatoms. The minimum absolute atomic E-state index is 0.0647. The zero-order valence-corrected chi connectivity index (χ0v) is 33.2. The molecule has 0 fully saturated rings. The van der Waals surface area contributed by atoms with Crippen LogP contribution in [0.4, 0.5) is 4.79 Å². The number of nitrogens with zero attached hydrogens (tertiary/aromatic N) is 2. The van der Waals surface area contributed by atoms with Crippen LogP contribution in [0.15, 0.2) is 16.4 Å². The van der Waals surface area contributed by atoms with E-state index in [2.05, 4.69) is 27.7 Å². The van der Waals surface area contributed by atoms with Gasteiger partial charge in [-0.05, 0) is 38.5 Å². The van der Waals surface area contributed by atoms with Gasteiger partial charge in [-0.1, -0.05) is 201 Å². The van der Waals surface area contributed by atoms with Crippen molar-refractivity contribution in [2.45, 2.75) is 252 Å². The monoisotopic (exact) mass is 674 g/mol. The molecule has 1 aliphatic heterocycles. The predicted molar refractivity (Wildman–Crippen MR) is 212 cm³/mol. The SMILES string of the molecule is CCCCCCCCCCC1=NC(CCCCCCCCCC)=C(CCCCCCCCCC)[N+]1(CCCCCCCCCC)C(=O)O. The van der Waals surface area contributed by atoms with Crippen LogP contribution in [0.3, 0.4) is 0 Å². The summed E-state index contributed by atoms with van der Waals surface area (Å²) in [6, 6.07) is 0. The number of hydrogen-bond acceptors (Lipinski definition) is 2. The van der Waals surface area contributed by atoms with Gasteiger partial charge in [0.1, 0.15) is 11.4 Å². The molecule has 1 atom stereocenters. The van der Waals surface area contributed by atoms with Gasteiger partial charge in [-0.2, -0.15) is 9.79 Å². The fourth-order valence-corrected chi connectivity index (χ4v) is 7.80. The average Bonchev–Trinajstić information content (AvgIpc) is 3.38. The van der Waals surface area contributed by atoms with Crippen molar-refractivity contribution >= 4 is 11.9 Å². The van der Waals surface area contributed by atoms with Crippen molar-refractivity contribution in [3.63, 3.8) is 0 Å². The molecule has 1 aliphatic rings. The molecular weight excluding hydrogens is 588 g/mol. The predicted octanol–water partition coefficient (Wildman–Crippen LogP) is 15.8. The minimum atomic E-state index is -0.656. The molecule has 1 heterocycles. The second kappa shape index (κ2) is 31.8. The number of carboxylic acid groups (broad SMARTS) is 1. The second-order valence-electron chi connectivity index (χ2n) is 15.4. The Morgan fingerprint density at radius 3 is 1.12 bits per heavy atom. The number of amidine groups is 1. The number of quaternary nitrogens is 1. The van der Waals surface area contributed by atoms with Crippen molar-refractivity contribution < 1.29 is 14.4 Å². The summed E-state index contributed by atoms with van der Waals surface area (Å²) in [5, 5.41) is 11.1. The van der Waals surface area contributed by atoms with Crippen molar-refractivity contribution in [3.05, 3.63) is 11.4 Å². The lowest BCUT2D eigenvalue weighted by Gasteiger charge is -2.31. The third-order valence-electron chi connectivity index (χ3n) is 11.0. The van der Waals surface area contributed by atoms with Gasteiger partial charge in [-0.25, -0.2) is 0 Å². The van der Waals surface area contributed by atoms with Gasteiger partial charge in [0.25, 0.3) is 0 Å². The van der Waals surface area contributed by atoms with Crippen LogP contribution in [0.5, 0.6) is 0 Å². The number of allylic oxidation sites excluding steroid dienone is 2. The summed E-state index contributed by atoms with van der Waals surface area (Å²) >= 11 is 0. The standard InChI is InChI=1S/C44H84N2O2/c1-5-9-13-17-21-25-29-33-37-41-42(38-34-30-26-22-18-14-10-6-2)46(44(47)48,40-36-32-28-24-20-16-12-8-4)43(45-41)39-35-31-27-23-19-15-11-7-3/h5-40H2,1-4H3/p+1. The highest BCUT2D eigenvalue weighted by Gasteiger charge is 2.51. The first-order chi connectivity index (χ1) is 23.6. The molecule has 1 unspecified atom stereocenters. The Hall–Kier alpha value is -1.16. The molecule has 282 valence electrons. The molecule has 0 aromatic carbocycles. The van der Waals surface area contributed by atoms with E-state index in [0.29, 0.717) is 6.54 Å². The van der Waals surface area contributed by atoms with E-state index in [1.807, 2.05) is 0 Å². The number of carbonyl (C=O) groups is 1. The lowest BCUT2D eigenvalue weighted by Crippen LogP contribution is -2.54. The Labute approximate surface area is 301 Å². The van der Waals surface area contributed by atoms with Gasteiger partial charge in [0.2, 0.25) is 5.84 Å². The number of rotatable bonds is 36. The Balaban J connectivity index is 3.01. The van der Waals surface area contributed by atoms with Gasteiger partial charge in [-0.3, -0.25) is 0 Å². The third-order valence-corrected chi connectivity index (χ3v) is 11.0. The molecule has 0 aliphatic carbocycles. The summed E-state index contributed by atoms with van der Waals surface area (Å²) in [4.78, 5) is 18.9. The molecule has 0 bridgehead atoms. The van der Waals surface area contributed by atoms with E-state index in [9.17, 15) is 9.90 Å². The van der Waals surface area contributed by atoms with E-state index in [4.69, 9.17) is 4.99 Å². The van der Waals surface area contributed by atoms with E-state index in [-0.39, 0.29) is 4.48 Å². The van der Waals surface area contributed by atoms with Crippen LogP contribution in [0.25, 0.3) is 0 Å². The molecule has 1 rings (SSSR count). The van der Waals surface area contributed by atoms with E-state index < -0.39 is 6.09 Å². The van der Waals surface area contributed by atoms with Crippen LogP contribution in [0.2, 0.25) is 0 Å². The highest BCUT2D eigenvalue weighted by atomic mass is 16.4. The van der Waals surface area contributed by atoms with Gasteiger partial charge >= 0.3 is 6.09 Å². The molecule has 1 N–H and O–H groups in total. The summed E-state index contributed by atoms with van der Waals surface area (Å²) < 4.78 is 0.0647. The number of unbranched alkanes of at least 4 members (excludes halogenated alkanes) is 28. The molecule has 0 saturated heterocycles. The largest absolute Gasteiger partial charge is 0.524 e. The fourth-order valence-electron chi connectivity index (χ4n) is 7.80. The van der Waals surface area contributed by atoms with Crippen molar-refractivity contribution in [3.8, 4) is 0 Å². The van der Waals surface area contributed by atoms with Crippen LogP contribution in [-0.2, 0) is 0 Å².